The summed E-state index contributed by atoms with van der Waals surface area (Å²) in [5.74, 6) is -1.34. The lowest BCUT2D eigenvalue weighted by Crippen LogP contribution is -2.22. The third kappa shape index (κ3) is 3.72. The molecule has 3 aromatic carbocycles. The van der Waals surface area contributed by atoms with Gasteiger partial charge in [0, 0.05) is 46.4 Å². The number of rotatable bonds is 6. The number of hydrogen-bond donors (Lipinski definition) is 1. The molecule has 0 aliphatic carbocycles. The Labute approximate surface area is 207 Å². The van der Waals surface area contributed by atoms with Crippen molar-refractivity contribution in [2.75, 3.05) is 7.11 Å². The molecule has 5 rings (SSSR count). The van der Waals surface area contributed by atoms with Gasteiger partial charge < -0.3 is 14.4 Å². The van der Waals surface area contributed by atoms with Crippen LogP contribution in [0.25, 0.3) is 27.7 Å². The van der Waals surface area contributed by atoms with Crippen molar-refractivity contribution in [3.05, 3.63) is 82.8 Å². The summed E-state index contributed by atoms with van der Waals surface area (Å²) in [6.07, 6.45) is 2.09. The monoisotopic (exact) mass is 481 g/mol. The van der Waals surface area contributed by atoms with Crippen LogP contribution in [0.15, 0.2) is 59.6 Å². The number of aliphatic imine (C=N–C) groups is 1. The van der Waals surface area contributed by atoms with Gasteiger partial charge in [-0.15, -0.1) is 0 Å². The van der Waals surface area contributed by atoms with E-state index in [4.69, 9.17) is 4.74 Å². The fourth-order valence-electron chi connectivity index (χ4n) is 4.94. The molecule has 0 bridgehead atoms. The molecule has 0 saturated heterocycles. The van der Waals surface area contributed by atoms with E-state index in [0.29, 0.717) is 12.2 Å². The maximum atomic E-state index is 14.4. The van der Waals surface area contributed by atoms with Crippen molar-refractivity contribution in [3.8, 4) is 28.6 Å². The zero-order valence-electron chi connectivity index (χ0n) is 20.2. The van der Waals surface area contributed by atoms with Crippen LogP contribution in [0.4, 0.5) is 4.39 Å². The van der Waals surface area contributed by atoms with Gasteiger partial charge in [-0.1, -0.05) is 26.0 Å². The Morgan fingerprint density at radius 1 is 1.19 bits per heavy atom. The zero-order chi connectivity index (χ0) is 25.6. The summed E-state index contributed by atoms with van der Waals surface area (Å²) >= 11 is 0. The Kier molecular flexibility index (Phi) is 5.60. The van der Waals surface area contributed by atoms with Gasteiger partial charge in [0.2, 0.25) is 0 Å². The Balaban J connectivity index is 1.93. The van der Waals surface area contributed by atoms with Crippen molar-refractivity contribution in [2.45, 2.75) is 32.2 Å². The molecule has 0 atom stereocenters. The van der Waals surface area contributed by atoms with Gasteiger partial charge in [-0.3, -0.25) is 4.99 Å². The van der Waals surface area contributed by atoms with E-state index in [-0.39, 0.29) is 17.7 Å². The van der Waals surface area contributed by atoms with Gasteiger partial charge in [-0.2, -0.15) is 5.26 Å². The summed E-state index contributed by atoms with van der Waals surface area (Å²) in [7, 11) is 1.43. The molecule has 1 N–H and O–H groups in total. The average molecular weight is 482 g/mol. The smallest absolute Gasteiger partial charge is 0.335 e. The maximum absolute atomic E-state index is 14.4. The molecule has 1 aliphatic heterocycles. The topological polar surface area (TPSA) is 87.6 Å². The predicted molar refractivity (Wildman–Crippen MR) is 137 cm³/mol. The molecule has 0 saturated carbocycles. The van der Waals surface area contributed by atoms with E-state index < -0.39 is 17.2 Å². The minimum atomic E-state index is -0.998. The van der Waals surface area contributed by atoms with Crippen molar-refractivity contribution in [1.29, 1.82) is 5.26 Å². The quantitative estimate of drug-likeness (QED) is 0.352. The standard InChI is InChI=1S/C29H24FN3O3/c1-29(2,10-11-31)27-26(17-4-6-18(7-5-17)28(34)35)22-12-19-15-32-16-20(19)13-24(22)33(27)21-8-9-23(30)25(14-21)36-3/h4-9,12-14,16H,10,15H2,1-3H3,(H,34,35). The SMILES string of the molecule is COc1cc(-n2c(C(C)(C)CC#N)c(-c3ccc(C(=O)O)cc3)c3cc4c(cc32)C=NC4)ccc1F. The summed E-state index contributed by atoms with van der Waals surface area (Å²) in [6, 6.07) is 18.0. The molecule has 7 heteroatoms. The molecule has 0 spiro atoms. The van der Waals surface area contributed by atoms with E-state index in [0.717, 1.165) is 38.9 Å². The first-order valence-corrected chi connectivity index (χ1v) is 11.5. The van der Waals surface area contributed by atoms with Crippen molar-refractivity contribution < 1.29 is 19.0 Å². The fourth-order valence-corrected chi connectivity index (χ4v) is 4.94. The largest absolute Gasteiger partial charge is 0.494 e. The summed E-state index contributed by atoms with van der Waals surface area (Å²) in [4.78, 5) is 15.9. The lowest BCUT2D eigenvalue weighted by Gasteiger charge is -2.27. The number of benzene rings is 3. The highest BCUT2D eigenvalue weighted by molar-refractivity contribution is 6.04. The number of carbonyl (C=O) groups is 1. The van der Waals surface area contributed by atoms with Gasteiger partial charge in [0.15, 0.2) is 11.6 Å². The van der Waals surface area contributed by atoms with Gasteiger partial charge >= 0.3 is 5.97 Å². The highest BCUT2D eigenvalue weighted by Crippen LogP contribution is 2.45. The molecule has 1 aromatic heterocycles. The molecule has 36 heavy (non-hydrogen) atoms. The number of carboxylic acid groups (broad SMARTS) is 1. The van der Waals surface area contributed by atoms with E-state index in [1.807, 2.05) is 20.1 Å². The second kappa shape index (κ2) is 8.65. The van der Waals surface area contributed by atoms with Gasteiger partial charge in [0.25, 0.3) is 0 Å². The van der Waals surface area contributed by atoms with E-state index >= 15 is 0 Å². The number of ether oxygens (including phenoxy) is 1. The van der Waals surface area contributed by atoms with E-state index in [9.17, 15) is 19.6 Å². The van der Waals surface area contributed by atoms with E-state index in [1.165, 1.54) is 13.2 Å². The first-order chi connectivity index (χ1) is 17.2. The van der Waals surface area contributed by atoms with Crippen LogP contribution in [0, 0.1) is 17.1 Å². The van der Waals surface area contributed by atoms with Gasteiger partial charge in [-0.05, 0) is 53.1 Å². The summed E-state index contributed by atoms with van der Waals surface area (Å²) in [5, 5.41) is 20.1. The number of halogens is 1. The van der Waals surface area contributed by atoms with Crippen molar-refractivity contribution in [1.82, 2.24) is 4.57 Å². The number of methoxy groups -OCH3 is 1. The van der Waals surface area contributed by atoms with Crippen LogP contribution in [0.5, 0.6) is 5.75 Å². The van der Waals surface area contributed by atoms with Crippen LogP contribution in [0.1, 0.15) is 47.4 Å². The zero-order valence-corrected chi connectivity index (χ0v) is 20.2. The maximum Gasteiger partial charge on any atom is 0.335 e. The number of hydrogen-bond acceptors (Lipinski definition) is 4. The Bertz CT molecular complexity index is 1590. The van der Waals surface area contributed by atoms with Crippen LogP contribution in [0.2, 0.25) is 0 Å². The number of aromatic carboxylic acids is 1. The molecule has 0 fully saturated rings. The molecule has 180 valence electrons. The molecular formula is C29H24FN3O3. The van der Waals surface area contributed by atoms with Crippen LogP contribution in [-0.2, 0) is 12.0 Å². The molecule has 0 amide bonds. The van der Waals surface area contributed by atoms with Crippen LogP contribution in [0.3, 0.4) is 0 Å². The number of nitrogens with zero attached hydrogens (tertiary/aromatic N) is 3. The minimum absolute atomic E-state index is 0.119. The molecule has 4 aromatic rings. The first kappa shape index (κ1) is 23.3. The summed E-state index contributed by atoms with van der Waals surface area (Å²) in [5.41, 5.74) is 5.87. The number of carboxylic acids is 1. The predicted octanol–water partition coefficient (Wildman–Crippen LogP) is 6.27. The molecule has 6 nitrogen and oxygen atoms in total. The Morgan fingerprint density at radius 3 is 2.61 bits per heavy atom. The molecule has 2 heterocycles. The van der Waals surface area contributed by atoms with Gasteiger partial charge in [0.1, 0.15) is 0 Å². The van der Waals surface area contributed by atoms with Crippen LogP contribution >= 0.6 is 0 Å². The molecular weight excluding hydrogens is 457 g/mol. The van der Waals surface area contributed by atoms with E-state index in [1.54, 1.807) is 36.4 Å². The van der Waals surface area contributed by atoms with Gasteiger partial charge in [0.05, 0.1) is 30.8 Å². The lowest BCUT2D eigenvalue weighted by atomic mass is 9.81. The van der Waals surface area contributed by atoms with Crippen molar-refractivity contribution >= 4 is 23.1 Å². The van der Waals surface area contributed by atoms with Crippen molar-refractivity contribution in [3.63, 3.8) is 0 Å². The summed E-state index contributed by atoms with van der Waals surface area (Å²) in [6.45, 7) is 4.59. The number of nitriles is 1. The third-order valence-electron chi connectivity index (χ3n) is 6.70. The third-order valence-corrected chi connectivity index (χ3v) is 6.70. The molecule has 0 radical (unpaired) electrons. The van der Waals surface area contributed by atoms with Crippen LogP contribution in [-0.4, -0.2) is 29.0 Å². The Morgan fingerprint density at radius 2 is 1.94 bits per heavy atom. The highest BCUT2D eigenvalue weighted by Gasteiger charge is 2.33. The number of fused-ring (bicyclic) bond motifs is 2. The lowest BCUT2D eigenvalue weighted by molar-refractivity contribution is 0.0697. The van der Waals surface area contributed by atoms with Crippen molar-refractivity contribution in [2.24, 2.45) is 4.99 Å². The second-order valence-electron chi connectivity index (χ2n) is 9.52. The Hall–Kier alpha value is -4.44. The minimum Gasteiger partial charge on any atom is -0.494 e. The molecule has 0 unspecified atom stereocenters. The number of aromatic nitrogens is 1. The second-order valence-corrected chi connectivity index (χ2v) is 9.52. The van der Waals surface area contributed by atoms with Gasteiger partial charge in [-0.25, -0.2) is 9.18 Å². The van der Waals surface area contributed by atoms with E-state index in [2.05, 4.69) is 27.8 Å². The summed E-state index contributed by atoms with van der Waals surface area (Å²) < 4.78 is 21.7. The van der Waals surface area contributed by atoms with Crippen LogP contribution < -0.4 is 4.74 Å². The first-order valence-electron chi connectivity index (χ1n) is 11.5. The fraction of sp³-hybridized carbons (Fsp3) is 0.207. The average Bonchev–Trinajstić information content (AvgIpc) is 3.45. The molecule has 1 aliphatic rings. The highest BCUT2D eigenvalue weighted by atomic mass is 19.1. The normalized spacial score (nSPS) is 12.5.